The van der Waals surface area contributed by atoms with Crippen molar-refractivity contribution in [1.82, 2.24) is 5.48 Å². The maximum atomic E-state index is 10.7. The molecule has 0 aliphatic rings. The summed E-state index contributed by atoms with van der Waals surface area (Å²) in [5.74, 6) is -0.269. The fourth-order valence-corrected chi connectivity index (χ4v) is 2.25. The highest BCUT2D eigenvalue weighted by Crippen LogP contribution is 2.12. The Morgan fingerprint density at radius 3 is 1.47 bits per heavy atom. The summed E-state index contributed by atoms with van der Waals surface area (Å²) in [6, 6.07) is 0. The van der Waals surface area contributed by atoms with Crippen LogP contribution in [0.25, 0.3) is 0 Å². The van der Waals surface area contributed by atoms with Crippen molar-refractivity contribution in [2.75, 3.05) is 6.54 Å². The zero-order valence-corrected chi connectivity index (χ0v) is 12.3. The molecule has 114 valence electrons. The average Bonchev–Trinajstić information content (AvgIpc) is 2.43. The number of rotatable bonds is 14. The number of hydrogen-bond donors (Lipinski definition) is 3. The fourth-order valence-electron chi connectivity index (χ4n) is 2.25. The number of carbonyl (C=O) groups excluding carboxylic acids is 1. The van der Waals surface area contributed by atoms with E-state index in [0.29, 0.717) is 6.42 Å². The molecule has 4 N–H and O–H groups in total. The lowest BCUT2D eigenvalue weighted by atomic mass is 10.0. The number of hydroxylamine groups is 1. The van der Waals surface area contributed by atoms with E-state index in [0.717, 1.165) is 19.4 Å². The summed E-state index contributed by atoms with van der Waals surface area (Å²) >= 11 is 0. The lowest BCUT2D eigenvalue weighted by Crippen LogP contribution is -2.17. The maximum absolute atomic E-state index is 10.7. The molecular weight excluding hydrogens is 240 g/mol. The van der Waals surface area contributed by atoms with E-state index in [1.54, 1.807) is 5.48 Å². The molecule has 0 atom stereocenters. The molecule has 0 aromatic rings. The quantitative estimate of drug-likeness (QED) is 0.257. The molecule has 1 amide bonds. The van der Waals surface area contributed by atoms with Crippen LogP contribution < -0.4 is 11.2 Å². The topological polar surface area (TPSA) is 75.4 Å². The zero-order chi connectivity index (χ0) is 14.2. The SMILES string of the molecule is NCCCCCCCCCCCCCCC(=O)NO. The van der Waals surface area contributed by atoms with Gasteiger partial charge >= 0.3 is 0 Å². The summed E-state index contributed by atoms with van der Waals surface area (Å²) in [6.45, 7) is 0.833. The van der Waals surface area contributed by atoms with Crippen LogP contribution in [0.15, 0.2) is 0 Å². The van der Waals surface area contributed by atoms with Crippen molar-refractivity contribution < 1.29 is 10.0 Å². The predicted molar refractivity (Wildman–Crippen MR) is 79.0 cm³/mol. The lowest BCUT2D eigenvalue weighted by molar-refractivity contribution is -0.129. The molecule has 0 saturated heterocycles. The van der Waals surface area contributed by atoms with Crippen molar-refractivity contribution in [2.45, 2.75) is 83.5 Å². The molecule has 19 heavy (non-hydrogen) atoms. The van der Waals surface area contributed by atoms with E-state index in [9.17, 15) is 4.79 Å². The van der Waals surface area contributed by atoms with Crippen molar-refractivity contribution >= 4 is 5.91 Å². The summed E-state index contributed by atoms with van der Waals surface area (Å²) < 4.78 is 0. The van der Waals surface area contributed by atoms with Crippen LogP contribution >= 0.6 is 0 Å². The van der Waals surface area contributed by atoms with E-state index in [4.69, 9.17) is 10.9 Å². The van der Waals surface area contributed by atoms with Crippen molar-refractivity contribution in [3.05, 3.63) is 0 Å². The van der Waals surface area contributed by atoms with Gasteiger partial charge in [0.25, 0.3) is 0 Å². The van der Waals surface area contributed by atoms with Gasteiger partial charge < -0.3 is 5.73 Å². The second kappa shape index (κ2) is 15.4. The molecule has 0 spiro atoms. The van der Waals surface area contributed by atoms with Crippen LogP contribution in [0.4, 0.5) is 0 Å². The second-order valence-corrected chi connectivity index (χ2v) is 5.32. The average molecular weight is 272 g/mol. The first kappa shape index (κ1) is 18.4. The third-order valence-electron chi connectivity index (χ3n) is 3.48. The molecule has 0 saturated carbocycles. The van der Waals surface area contributed by atoms with Crippen LogP contribution in [0.2, 0.25) is 0 Å². The number of carbonyl (C=O) groups is 1. The minimum Gasteiger partial charge on any atom is -0.330 e. The number of unbranched alkanes of at least 4 members (excludes halogenated alkanes) is 11. The van der Waals surface area contributed by atoms with Gasteiger partial charge in [-0.25, -0.2) is 5.48 Å². The van der Waals surface area contributed by atoms with E-state index < -0.39 is 0 Å². The van der Waals surface area contributed by atoms with Gasteiger partial charge in [0.05, 0.1) is 0 Å². The van der Waals surface area contributed by atoms with E-state index >= 15 is 0 Å². The standard InChI is InChI=1S/C15H32N2O2/c16-14-12-10-8-6-4-2-1-3-5-7-9-11-13-15(18)17-19/h19H,1-14,16H2,(H,17,18). The largest absolute Gasteiger partial charge is 0.330 e. The van der Waals surface area contributed by atoms with Crippen LogP contribution in [0.1, 0.15) is 83.5 Å². The Bertz CT molecular complexity index is 199. The summed E-state index contributed by atoms with van der Waals surface area (Å²) in [7, 11) is 0. The van der Waals surface area contributed by atoms with E-state index in [2.05, 4.69) is 0 Å². The smallest absolute Gasteiger partial charge is 0.243 e. The summed E-state index contributed by atoms with van der Waals surface area (Å²) in [5.41, 5.74) is 7.11. The van der Waals surface area contributed by atoms with Crippen LogP contribution in [-0.2, 0) is 4.79 Å². The van der Waals surface area contributed by atoms with Gasteiger partial charge in [0.15, 0.2) is 0 Å². The van der Waals surface area contributed by atoms with Gasteiger partial charge in [0.2, 0.25) is 5.91 Å². The van der Waals surface area contributed by atoms with E-state index in [1.165, 1.54) is 64.2 Å². The predicted octanol–water partition coefficient (Wildman–Crippen LogP) is 3.52. The second-order valence-electron chi connectivity index (χ2n) is 5.32. The normalized spacial score (nSPS) is 10.6. The minimum absolute atomic E-state index is 0.269. The van der Waals surface area contributed by atoms with Gasteiger partial charge in [0, 0.05) is 6.42 Å². The van der Waals surface area contributed by atoms with Crippen LogP contribution in [0.5, 0.6) is 0 Å². The highest BCUT2D eigenvalue weighted by molar-refractivity contribution is 5.74. The van der Waals surface area contributed by atoms with Gasteiger partial charge in [0.1, 0.15) is 0 Å². The number of nitrogens with one attached hydrogen (secondary N) is 1. The summed E-state index contributed by atoms with van der Waals surface area (Å²) in [6.07, 6.45) is 15.4. The first-order chi connectivity index (χ1) is 9.31. The number of amides is 1. The monoisotopic (exact) mass is 272 g/mol. The minimum atomic E-state index is -0.269. The van der Waals surface area contributed by atoms with Crippen LogP contribution in [0.3, 0.4) is 0 Å². The van der Waals surface area contributed by atoms with Crippen molar-refractivity contribution in [1.29, 1.82) is 0 Å². The molecule has 0 heterocycles. The molecule has 0 bridgehead atoms. The molecule has 0 unspecified atom stereocenters. The first-order valence-electron chi connectivity index (χ1n) is 7.94. The Balaban J connectivity index is 2.97. The van der Waals surface area contributed by atoms with Crippen molar-refractivity contribution in [3.8, 4) is 0 Å². The molecule has 0 aromatic heterocycles. The highest BCUT2D eigenvalue weighted by Gasteiger charge is 1.98. The first-order valence-corrected chi connectivity index (χ1v) is 7.94. The van der Waals surface area contributed by atoms with Gasteiger partial charge in [-0.2, -0.15) is 0 Å². The molecule has 4 nitrogen and oxygen atoms in total. The van der Waals surface area contributed by atoms with Crippen LogP contribution in [-0.4, -0.2) is 17.7 Å². The molecular formula is C15H32N2O2. The van der Waals surface area contributed by atoms with Crippen LogP contribution in [0, 0.1) is 0 Å². The fraction of sp³-hybridized carbons (Fsp3) is 0.933. The maximum Gasteiger partial charge on any atom is 0.243 e. The van der Waals surface area contributed by atoms with Gasteiger partial charge in [-0.3, -0.25) is 10.0 Å². The number of nitrogens with two attached hydrogens (primary N) is 1. The van der Waals surface area contributed by atoms with E-state index in [1.807, 2.05) is 0 Å². The molecule has 0 fully saturated rings. The molecule has 4 heteroatoms. The molecule has 0 rings (SSSR count). The Morgan fingerprint density at radius 2 is 1.11 bits per heavy atom. The van der Waals surface area contributed by atoms with Gasteiger partial charge in [-0.05, 0) is 19.4 Å². The molecule has 0 radical (unpaired) electrons. The van der Waals surface area contributed by atoms with Crippen molar-refractivity contribution in [2.24, 2.45) is 5.73 Å². The van der Waals surface area contributed by atoms with Crippen molar-refractivity contribution in [3.63, 3.8) is 0 Å². The van der Waals surface area contributed by atoms with Gasteiger partial charge in [-0.1, -0.05) is 64.2 Å². The Morgan fingerprint density at radius 1 is 0.737 bits per heavy atom. The Labute approximate surface area is 118 Å². The molecule has 0 aliphatic carbocycles. The lowest BCUT2D eigenvalue weighted by Gasteiger charge is -2.02. The molecule has 0 aromatic carbocycles. The number of hydrogen-bond acceptors (Lipinski definition) is 3. The zero-order valence-electron chi connectivity index (χ0n) is 12.3. The Kier molecular flexibility index (Phi) is 15.0. The highest BCUT2D eigenvalue weighted by atomic mass is 16.5. The summed E-state index contributed by atoms with van der Waals surface area (Å²) in [4.78, 5) is 10.7. The molecule has 0 aliphatic heterocycles. The van der Waals surface area contributed by atoms with E-state index in [-0.39, 0.29) is 5.91 Å². The summed E-state index contributed by atoms with van der Waals surface area (Å²) in [5, 5.41) is 8.32. The van der Waals surface area contributed by atoms with Gasteiger partial charge in [-0.15, -0.1) is 0 Å². The Hall–Kier alpha value is -0.610. The third kappa shape index (κ3) is 15.3. The third-order valence-corrected chi connectivity index (χ3v) is 3.48.